The average molecular weight is 485 g/mol. The maximum absolute atomic E-state index is 18.0. The Bertz CT molecular complexity index is 1160. The number of alkyl halides is 1. The Hall–Kier alpha value is -2.68. The molecule has 2 aromatic carbocycles. The molecule has 0 saturated carbocycles. The van der Waals surface area contributed by atoms with Gasteiger partial charge in [0.25, 0.3) is 0 Å². The van der Waals surface area contributed by atoms with Gasteiger partial charge in [0.05, 0.1) is 6.04 Å². The smallest absolute Gasteiger partial charge is 0.181 e. The fourth-order valence-electron chi connectivity index (χ4n) is 6.16. The highest BCUT2D eigenvalue weighted by atomic mass is 19.1. The van der Waals surface area contributed by atoms with Crippen LogP contribution in [0, 0.1) is 0 Å². The summed E-state index contributed by atoms with van der Waals surface area (Å²) in [5.74, 6) is 0. The number of pyridine rings is 1. The maximum atomic E-state index is 18.0. The summed E-state index contributed by atoms with van der Waals surface area (Å²) in [6, 6.07) is 18.5. The van der Waals surface area contributed by atoms with Crippen LogP contribution < -0.4 is 4.90 Å². The quantitative estimate of drug-likeness (QED) is 0.372. The monoisotopic (exact) mass is 484 g/mol. The lowest BCUT2D eigenvalue weighted by molar-refractivity contribution is 0.176. The first-order chi connectivity index (χ1) is 17.0. The van der Waals surface area contributed by atoms with Gasteiger partial charge < -0.3 is 4.90 Å². The van der Waals surface area contributed by atoms with Gasteiger partial charge in [-0.05, 0) is 76.8 Å². The molecule has 3 aromatic rings. The fourth-order valence-corrected chi connectivity index (χ4v) is 6.16. The van der Waals surface area contributed by atoms with Gasteiger partial charge in [0.2, 0.25) is 0 Å². The van der Waals surface area contributed by atoms with Crippen LogP contribution in [0.2, 0.25) is 0 Å². The zero-order valence-electron chi connectivity index (χ0n) is 22.9. The maximum Gasteiger partial charge on any atom is 0.181 e. The molecule has 1 fully saturated rings. The van der Waals surface area contributed by atoms with Crippen molar-refractivity contribution in [3.05, 3.63) is 94.3 Å². The van der Waals surface area contributed by atoms with Crippen LogP contribution >= 0.6 is 0 Å². The lowest BCUT2D eigenvalue weighted by Gasteiger charge is -2.40. The number of halogens is 1. The summed E-state index contributed by atoms with van der Waals surface area (Å²) in [4.78, 5) is 7.00. The molecular weight excluding hydrogens is 443 g/mol. The standard InChI is InChI=1S/C33H41FN2/c1-31(2,3)23-12-16-25(17-13-23)33(34,26-18-14-24(15-19-26)32(4,5)6)30-11-8-22-36(30)29-20-21-35-28-10-7-9-27(28)29/h12-21,30H,7-11,22H2,1-6H3/t30-/m0/s1. The zero-order valence-corrected chi connectivity index (χ0v) is 22.9. The average Bonchev–Trinajstić information content (AvgIpc) is 3.52. The first-order valence-corrected chi connectivity index (χ1v) is 13.6. The van der Waals surface area contributed by atoms with Crippen molar-refractivity contribution in [1.29, 1.82) is 0 Å². The van der Waals surface area contributed by atoms with E-state index in [4.69, 9.17) is 0 Å². The Morgan fingerprint density at radius 3 is 1.78 bits per heavy atom. The predicted molar refractivity (Wildman–Crippen MR) is 149 cm³/mol. The first kappa shape index (κ1) is 25.0. The van der Waals surface area contributed by atoms with Crippen LogP contribution in [0.15, 0.2) is 60.8 Å². The van der Waals surface area contributed by atoms with Crippen LogP contribution in [0.25, 0.3) is 0 Å². The molecule has 1 aliphatic carbocycles. The SMILES string of the molecule is CC(C)(C)c1ccc(C(F)(c2ccc(C(C)(C)C)cc2)[C@@H]2CCCN2c2ccnc3c2CCC3)cc1. The summed E-state index contributed by atoms with van der Waals surface area (Å²) >= 11 is 0. The Balaban J connectivity index is 1.63. The Morgan fingerprint density at radius 2 is 1.25 bits per heavy atom. The Morgan fingerprint density at radius 1 is 0.722 bits per heavy atom. The molecular formula is C33H41FN2. The second kappa shape index (κ2) is 9.01. The summed E-state index contributed by atoms with van der Waals surface area (Å²) in [6.45, 7) is 14.1. The minimum Gasteiger partial charge on any atom is -0.364 e. The molecule has 1 atom stereocenters. The van der Waals surface area contributed by atoms with Crippen LogP contribution in [-0.4, -0.2) is 17.6 Å². The summed E-state index contributed by atoms with van der Waals surface area (Å²) in [6.07, 6.45) is 6.96. The van der Waals surface area contributed by atoms with Crippen molar-refractivity contribution in [3.8, 4) is 0 Å². The Labute approximate surface area is 217 Å². The van der Waals surface area contributed by atoms with Gasteiger partial charge in [-0.25, -0.2) is 4.39 Å². The van der Waals surface area contributed by atoms with Crippen molar-refractivity contribution < 1.29 is 4.39 Å². The minimum atomic E-state index is -1.61. The number of anilines is 1. The molecule has 190 valence electrons. The zero-order chi connectivity index (χ0) is 25.7. The second-order valence-corrected chi connectivity index (χ2v) is 12.8. The number of fused-ring (bicyclic) bond motifs is 1. The molecule has 2 nitrogen and oxygen atoms in total. The summed E-state index contributed by atoms with van der Waals surface area (Å²) < 4.78 is 18.0. The van der Waals surface area contributed by atoms with E-state index in [9.17, 15) is 0 Å². The van der Waals surface area contributed by atoms with E-state index in [-0.39, 0.29) is 16.9 Å². The van der Waals surface area contributed by atoms with E-state index < -0.39 is 5.67 Å². The largest absolute Gasteiger partial charge is 0.364 e. The normalized spacial score (nSPS) is 18.5. The second-order valence-electron chi connectivity index (χ2n) is 12.8. The fraction of sp³-hybridized carbons (Fsp3) is 0.485. The van der Waals surface area contributed by atoms with Crippen LogP contribution in [0.3, 0.4) is 0 Å². The lowest BCUT2D eigenvalue weighted by atomic mass is 9.77. The van der Waals surface area contributed by atoms with Crippen molar-refractivity contribution in [2.45, 2.75) is 96.2 Å². The summed E-state index contributed by atoms with van der Waals surface area (Å²) in [7, 11) is 0. The van der Waals surface area contributed by atoms with Crippen molar-refractivity contribution >= 4 is 5.69 Å². The molecule has 2 aliphatic rings. The van der Waals surface area contributed by atoms with Gasteiger partial charge in [-0.2, -0.15) is 0 Å². The molecule has 3 heteroatoms. The Kier molecular flexibility index (Phi) is 6.25. The molecule has 2 heterocycles. The van der Waals surface area contributed by atoms with Crippen LogP contribution in [-0.2, 0) is 29.3 Å². The number of rotatable bonds is 4. The molecule has 0 spiro atoms. The lowest BCUT2D eigenvalue weighted by Crippen LogP contribution is -2.46. The van der Waals surface area contributed by atoms with Crippen LogP contribution in [0.4, 0.5) is 10.1 Å². The van der Waals surface area contributed by atoms with Gasteiger partial charge in [0.15, 0.2) is 5.67 Å². The molecule has 1 saturated heterocycles. The van der Waals surface area contributed by atoms with Gasteiger partial charge in [-0.3, -0.25) is 4.98 Å². The van der Waals surface area contributed by atoms with E-state index in [0.29, 0.717) is 0 Å². The number of benzene rings is 2. The van der Waals surface area contributed by atoms with E-state index in [2.05, 4.69) is 81.8 Å². The highest BCUT2D eigenvalue weighted by Gasteiger charge is 2.48. The number of aromatic nitrogens is 1. The number of nitrogens with zero attached hydrogens (tertiary/aromatic N) is 2. The van der Waals surface area contributed by atoms with E-state index in [0.717, 1.165) is 49.8 Å². The molecule has 0 unspecified atom stereocenters. The van der Waals surface area contributed by atoms with E-state index in [1.807, 2.05) is 30.5 Å². The molecule has 1 aliphatic heterocycles. The molecule has 5 rings (SSSR count). The number of hydrogen-bond acceptors (Lipinski definition) is 2. The third kappa shape index (κ3) is 4.35. The van der Waals surface area contributed by atoms with Gasteiger partial charge in [-0.15, -0.1) is 0 Å². The molecule has 0 N–H and O–H groups in total. The third-order valence-electron chi connectivity index (χ3n) is 8.32. The summed E-state index contributed by atoms with van der Waals surface area (Å²) in [5, 5.41) is 0. The van der Waals surface area contributed by atoms with Gasteiger partial charge in [-0.1, -0.05) is 90.1 Å². The molecule has 0 radical (unpaired) electrons. The van der Waals surface area contributed by atoms with Gasteiger partial charge >= 0.3 is 0 Å². The highest BCUT2D eigenvalue weighted by molar-refractivity contribution is 5.59. The highest BCUT2D eigenvalue weighted by Crippen LogP contribution is 2.47. The molecule has 0 amide bonds. The summed E-state index contributed by atoms with van der Waals surface area (Å²) in [5.41, 5.74) is 6.13. The van der Waals surface area contributed by atoms with E-state index >= 15 is 4.39 Å². The minimum absolute atomic E-state index is 0.0306. The molecule has 1 aromatic heterocycles. The van der Waals surface area contributed by atoms with Crippen molar-refractivity contribution in [2.24, 2.45) is 0 Å². The van der Waals surface area contributed by atoms with E-state index in [1.165, 1.54) is 28.1 Å². The third-order valence-corrected chi connectivity index (χ3v) is 8.32. The molecule has 36 heavy (non-hydrogen) atoms. The van der Waals surface area contributed by atoms with Crippen molar-refractivity contribution in [2.75, 3.05) is 11.4 Å². The number of hydrogen-bond donors (Lipinski definition) is 0. The molecule has 0 bridgehead atoms. The topological polar surface area (TPSA) is 16.1 Å². The number of aryl methyl sites for hydroxylation is 1. The van der Waals surface area contributed by atoms with Crippen molar-refractivity contribution in [3.63, 3.8) is 0 Å². The van der Waals surface area contributed by atoms with Gasteiger partial charge in [0.1, 0.15) is 0 Å². The first-order valence-electron chi connectivity index (χ1n) is 13.6. The van der Waals surface area contributed by atoms with Crippen LogP contribution in [0.5, 0.6) is 0 Å². The predicted octanol–water partition coefficient (Wildman–Crippen LogP) is 8.05. The van der Waals surface area contributed by atoms with Crippen LogP contribution in [0.1, 0.15) is 94.3 Å². The van der Waals surface area contributed by atoms with Gasteiger partial charge in [0, 0.05) is 24.1 Å². The van der Waals surface area contributed by atoms with Crippen molar-refractivity contribution in [1.82, 2.24) is 4.98 Å². The van der Waals surface area contributed by atoms with E-state index in [1.54, 1.807) is 0 Å².